The number of nitrogens with zero attached hydrogens (tertiary/aromatic N) is 2. The van der Waals surface area contributed by atoms with E-state index in [0.29, 0.717) is 33.9 Å². The number of rotatable bonds is 7. The molecule has 1 heterocycles. The zero-order valence-electron chi connectivity index (χ0n) is 16.1. The zero-order chi connectivity index (χ0) is 20.0. The Kier molecular flexibility index (Phi) is 7.73. The number of halogens is 2. The van der Waals surface area contributed by atoms with Crippen molar-refractivity contribution in [3.8, 4) is 0 Å². The van der Waals surface area contributed by atoms with Gasteiger partial charge in [0, 0.05) is 24.2 Å². The van der Waals surface area contributed by atoms with Crippen molar-refractivity contribution in [2.45, 2.75) is 39.3 Å². The highest BCUT2D eigenvalue weighted by Gasteiger charge is 2.15. The van der Waals surface area contributed by atoms with Crippen LogP contribution in [0, 0.1) is 0 Å². The van der Waals surface area contributed by atoms with E-state index in [1.54, 1.807) is 19.1 Å². The standard InChI is InChI=1S/C18H27Cl2N5O2/c1-11(25-27-10-13(26)9-23-18(2,3)4)12-7-14(19)16(15(20)8-12)24-17-21-5-6-22-17/h7-8,13,23,26H,5-6,9-10H2,1-4H3,(H2,21,22,24)/b25-11+. The topological polar surface area (TPSA) is 90.3 Å². The molecular weight excluding hydrogens is 389 g/mol. The van der Waals surface area contributed by atoms with Crippen LogP contribution in [-0.4, -0.2) is 54.7 Å². The fourth-order valence-corrected chi connectivity index (χ4v) is 2.84. The van der Waals surface area contributed by atoms with Crippen molar-refractivity contribution < 1.29 is 9.94 Å². The summed E-state index contributed by atoms with van der Waals surface area (Å²) in [5, 5.41) is 24.3. The Bertz CT molecular complexity index is 693. The molecule has 7 nitrogen and oxygen atoms in total. The van der Waals surface area contributed by atoms with Gasteiger partial charge in [0.25, 0.3) is 0 Å². The van der Waals surface area contributed by atoms with Crippen LogP contribution >= 0.6 is 23.2 Å². The van der Waals surface area contributed by atoms with Gasteiger partial charge in [0.15, 0.2) is 5.96 Å². The lowest BCUT2D eigenvalue weighted by Crippen LogP contribution is -2.42. The number of aliphatic imine (C=N–C) groups is 1. The summed E-state index contributed by atoms with van der Waals surface area (Å²) in [7, 11) is 0. The van der Waals surface area contributed by atoms with Gasteiger partial charge in [-0.25, -0.2) is 0 Å². The number of hydrogen-bond donors (Lipinski definition) is 4. The summed E-state index contributed by atoms with van der Waals surface area (Å²) < 4.78 is 0. The summed E-state index contributed by atoms with van der Waals surface area (Å²) in [4.78, 5) is 9.52. The zero-order valence-corrected chi connectivity index (χ0v) is 17.6. The first-order valence-electron chi connectivity index (χ1n) is 8.80. The van der Waals surface area contributed by atoms with Gasteiger partial charge < -0.3 is 25.9 Å². The predicted octanol–water partition coefficient (Wildman–Crippen LogP) is 2.85. The minimum absolute atomic E-state index is 0.0664. The Morgan fingerprint density at radius 3 is 2.59 bits per heavy atom. The molecule has 0 radical (unpaired) electrons. The predicted molar refractivity (Wildman–Crippen MR) is 112 cm³/mol. The maximum Gasteiger partial charge on any atom is 0.196 e. The quantitative estimate of drug-likeness (QED) is 0.406. The number of anilines is 1. The number of guanidine groups is 1. The highest BCUT2D eigenvalue weighted by Crippen LogP contribution is 2.32. The molecule has 1 atom stereocenters. The first-order chi connectivity index (χ1) is 12.7. The number of aliphatic hydroxyl groups excluding tert-OH is 1. The summed E-state index contributed by atoms with van der Waals surface area (Å²) in [5.41, 5.74) is 1.87. The van der Waals surface area contributed by atoms with Gasteiger partial charge in [0.05, 0.1) is 28.0 Å². The summed E-state index contributed by atoms with van der Waals surface area (Å²) in [6.45, 7) is 9.91. The fraction of sp³-hybridized carbons (Fsp3) is 0.556. The monoisotopic (exact) mass is 415 g/mol. The molecule has 1 aromatic rings. The van der Waals surface area contributed by atoms with Gasteiger partial charge in [0.2, 0.25) is 0 Å². The van der Waals surface area contributed by atoms with E-state index in [4.69, 9.17) is 28.0 Å². The Morgan fingerprint density at radius 2 is 2.04 bits per heavy atom. The molecule has 27 heavy (non-hydrogen) atoms. The highest BCUT2D eigenvalue weighted by molar-refractivity contribution is 6.40. The van der Waals surface area contributed by atoms with Crippen LogP contribution in [0.2, 0.25) is 10.0 Å². The lowest BCUT2D eigenvalue weighted by Gasteiger charge is -2.22. The molecule has 0 fully saturated rings. The Balaban J connectivity index is 1.95. The second kappa shape index (κ2) is 9.59. The molecular formula is C18H27Cl2N5O2. The van der Waals surface area contributed by atoms with Crippen LogP contribution in [0.5, 0.6) is 0 Å². The van der Waals surface area contributed by atoms with Crippen LogP contribution in [-0.2, 0) is 4.84 Å². The molecule has 1 aromatic carbocycles. The number of oxime groups is 1. The molecule has 1 unspecified atom stereocenters. The average molecular weight is 416 g/mol. The maximum absolute atomic E-state index is 9.93. The van der Waals surface area contributed by atoms with Crippen molar-refractivity contribution >= 4 is 40.6 Å². The molecule has 0 spiro atoms. The van der Waals surface area contributed by atoms with Gasteiger partial charge in [-0.05, 0) is 39.8 Å². The number of β-amino-alcohol motifs (C(OH)–C–C–N with tert-alkyl or cyclic N) is 1. The SMILES string of the molecule is C/C(=N\OCC(O)CNC(C)(C)C)c1cc(Cl)c(NC2=NCCN2)c(Cl)c1. The van der Waals surface area contributed by atoms with E-state index in [0.717, 1.165) is 18.7 Å². The van der Waals surface area contributed by atoms with E-state index >= 15 is 0 Å². The van der Waals surface area contributed by atoms with Crippen molar-refractivity contribution in [2.75, 3.05) is 31.6 Å². The molecule has 0 aromatic heterocycles. The summed E-state index contributed by atoms with van der Waals surface area (Å²) >= 11 is 12.7. The largest absolute Gasteiger partial charge is 0.393 e. The van der Waals surface area contributed by atoms with Gasteiger partial charge in [0.1, 0.15) is 12.7 Å². The van der Waals surface area contributed by atoms with Gasteiger partial charge >= 0.3 is 0 Å². The molecule has 1 aliphatic heterocycles. The smallest absolute Gasteiger partial charge is 0.196 e. The number of hydrogen-bond acceptors (Lipinski definition) is 7. The van der Waals surface area contributed by atoms with E-state index < -0.39 is 6.10 Å². The minimum Gasteiger partial charge on any atom is -0.393 e. The molecule has 9 heteroatoms. The average Bonchev–Trinajstić information content (AvgIpc) is 3.08. The van der Waals surface area contributed by atoms with Gasteiger partial charge in [-0.1, -0.05) is 28.4 Å². The van der Waals surface area contributed by atoms with Gasteiger partial charge in [-0.15, -0.1) is 0 Å². The van der Waals surface area contributed by atoms with Crippen molar-refractivity contribution in [3.63, 3.8) is 0 Å². The Labute approximate surface area is 170 Å². The second-order valence-corrected chi connectivity index (χ2v) is 8.17. The molecule has 0 aliphatic carbocycles. The molecule has 0 amide bonds. The third kappa shape index (κ3) is 7.18. The van der Waals surface area contributed by atoms with Crippen molar-refractivity contribution in [3.05, 3.63) is 27.7 Å². The third-order valence-corrected chi connectivity index (χ3v) is 4.31. The lowest BCUT2D eigenvalue weighted by atomic mass is 10.1. The summed E-state index contributed by atoms with van der Waals surface area (Å²) in [6, 6.07) is 3.51. The molecule has 150 valence electrons. The molecule has 0 saturated carbocycles. The van der Waals surface area contributed by atoms with E-state index in [9.17, 15) is 5.11 Å². The Hall–Kier alpha value is -1.54. The van der Waals surface area contributed by atoms with E-state index in [-0.39, 0.29) is 12.1 Å². The molecule has 4 N–H and O–H groups in total. The van der Waals surface area contributed by atoms with E-state index in [1.807, 2.05) is 20.8 Å². The second-order valence-electron chi connectivity index (χ2n) is 7.35. The lowest BCUT2D eigenvalue weighted by molar-refractivity contribution is 0.0373. The first-order valence-corrected chi connectivity index (χ1v) is 9.56. The van der Waals surface area contributed by atoms with E-state index in [2.05, 4.69) is 26.1 Å². The van der Waals surface area contributed by atoms with Crippen LogP contribution in [0.4, 0.5) is 5.69 Å². The first kappa shape index (κ1) is 21.8. The van der Waals surface area contributed by atoms with Crippen LogP contribution in [0.25, 0.3) is 0 Å². The van der Waals surface area contributed by atoms with Crippen LogP contribution in [0.15, 0.2) is 22.3 Å². The number of aliphatic hydroxyl groups is 1. The minimum atomic E-state index is -0.654. The third-order valence-electron chi connectivity index (χ3n) is 3.71. The number of benzene rings is 1. The molecule has 0 saturated heterocycles. The van der Waals surface area contributed by atoms with Gasteiger partial charge in [-0.3, -0.25) is 4.99 Å². The highest BCUT2D eigenvalue weighted by atomic mass is 35.5. The number of nitrogens with one attached hydrogen (secondary N) is 3. The normalized spacial score (nSPS) is 16.0. The summed E-state index contributed by atoms with van der Waals surface area (Å²) in [6.07, 6.45) is -0.654. The van der Waals surface area contributed by atoms with Crippen molar-refractivity contribution in [1.82, 2.24) is 10.6 Å². The Morgan fingerprint density at radius 1 is 1.37 bits per heavy atom. The van der Waals surface area contributed by atoms with Crippen LogP contribution in [0.1, 0.15) is 33.3 Å². The molecule has 1 aliphatic rings. The van der Waals surface area contributed by atoms with Crippen LogP contribution in [0.3, 0.4) is 0 Å². The summed E-state index contributed by atoms with van der Waals surface area (Å²) in [5.74, 6) is 0.651. The van der Waals surface area contributed by atoms with Crippen LogP contribution < -0.4 is 16.0 Å². The molecule has 2 rings (SSSR count). The molecule has 0 bridgehead atoms. The maximum atomic E-state index is 9.93. The van der Waals surface area contributed by atoms with Gasteiger partial charge in [-0.2, -0.15) is 0 Å². The van der Waals surface area contributed by atoms with Crippen molar-refractivity contribution in [1.29, 1.82) is 0 Å². The van der Waals surface area contributed by atoms with E-state index in [1.165, 1.54) is 0 Å². The fourth-order valence-electron chi connectivity index (χ4n) is 2.26. The van der Waals surface area contributed by atoms with Crippen molar-refractivity contribution in [2.24, 2.45) is 10.1 Å².